The number of nitrogens with one attached hydrogen (secondary N) is 2. The Kier molecular flexibility index (Phi) is 4.97. The molecule has 2 N–H and O–H groups in total. The van der Waals surface area contributed by atoms with Crippen LogP contribution >= 0.6 is 12.2 Å². The number of hydrogen-bond donors (Lipinski definition) is 2. The van der Waals surface area contributed by atoms with Gasteiger partial charge in [-0.05, 0) is 24.7 Å². The van der Waals surface area contributed by atoms with Gasteiger partial charge in [-0.25, -0.2) is 17.6 Å². The summed E-state index contributed by atoms with van der Waals surface area (Å²) < 4.78 is 53.3. The third-order valence-corrected chi connectivity index (χ3v) is 3.22. The van der Waals surface area contributed by atoms with Crippen molar-refractivity contribution in [3.05, 3.63) is 65.2 Å². The monoisotopic (exact) mass is 328 g/mol. The van der Waals surface area contributed by atoms with Gasteiger partial charge in [0.2, 0.25) is 0 Å². The standard InChI is InChI=1S/C15H12F4N2S/c1-8(9-5-3-2-4-6-9)20-15(22)21-14-12(18)10(16)7-11(17)13(14)19/h2-8H,1H3,(H2,20,21,22). The lowest BCUT2D eigenvalue weighted by Crippen LogP contribution is -2.31. The first-order valence-electron chi connectivity index (χ1n) is 6.35. The highest BCUT2D eigenvalue weighted by atomic mass is 32.1. The molecule has 2 aromatic carbocycles. The minimum Gasteiger partial charge on any atom is -0.356 e. The first-order valence-corrected chi connectivity index (χ1v) is 6.76. The number of thiocarbonyl (C=S) groups is 1. The van der Waals surface area contributed by atoms with Crippen molar-refractivity contribution >= 4 is 23.0 Å². The Hall–Kier alpha value is -2.15. The lowest BCUT2D eigenvalue weighted by molar-refractivity contribution is 0.459. The van der Waals surface area contributed by atoms with Gasteiger partial charge in [-0.2, -0.15) is 0 Å². The average molecular weight is 328 g/mol. The molecule has 0 bridgehead atoms. The highest BCUT2D eigenvalue weighted by molar-refractivity contribution is 7.80. The predicted octanol–water partition coefficient (Wildman–Crippen LogP) is 4.29. The van der Waals surface area contributed by atoms with Crippen molar-refractivity contribution in [1.82, 2.24) is 5.32 Å². The Morgan fingerprint density at radius 2 is 1.55 bits per heavy atom. The van der Waals surface area contributed by atoms with Gasteiger partial charge in [0.05, 0.1) is 6.04 Å². The summed E-state index contributed by atoms with van der Waals surface area (Å²) in [5.74, 6) is -6.06. The third kappa shape index (κ3) is 3.54. The van der Waals surface area contributed by atoms with E-state index >= 15 is 0 Å². The second-order valence-corrected chi connectivity index (χ2v) is 4.98. The van der Waals surface area contributed by atoms with Crippen LogP contribution in [0, 0.1) is 23.3 Å². The molecular formula is C15H12F4N2S. The van der Waals surface area contributed by atoms with Crippen LogP contribution in [-0.2, 0) is 0 Å². The number of halogens is 4. The Balaban J connectivity index is 2.13. The second kappa shape index (κ2) is 6.74. The molecule has 0 saturated carbocycles. The Labute approximate surface area is 130 Å². The quantitative estimate of drug-likeness (QED) is 0.499. The highest BCUT2D eigenvalue weighted by Gasteiger charge is 2.20. The molecule has 2 rings (SSSR count). The van der Waals surface area contributed by atoms with Gasteiger partial charge in [0.15, 0.2) is 28.4 Å². The fourth-order valence-electron chi connectivity index (χ4n) is 1.85. The fourth-order valence-corrected chi connectivity index (χ4v) is 2.13. The molecule has 116 valence electrons. The maximum Gasteiger partial charge on any atom is 0.185 e. The molecule has 0 aromatic heterocycles. The van der Waals surface area contributed by atoms with E-state index in [2.05, 4.69) is 10.6 Å². The van der Waals surface area contributed by atoms with Crippen LogP contribution in [0.2, 0.25) is 0 Å². The molecule has 2 nitrogen and oxygen atoms in total. The van der Waals surface area contributed by atoms with Crippen molar-refractivity contribution in [2.24, 2.45) is 0 Å². The molecule has 0 radical (unpaired) electrons. The smallest absolute Gasteiger partial charge is 0.185 e. The van der Waals surface area contributed by atoms with E-state index in [0.29, 0.717) is 0 Å². The molecule has 1 atom stereocenters. The summed E-state index contributed by atoms with van der Waals surface area (Å²) in [6.45, 7) is 1.78. The normalized spacial score (nSPS) is 11.9. The molecule has 0 heterocycles. The van der Waals surface area contributed by atoms with Crippen LogP contribution in [0.1, 0.15) is 18.5 Å². The van der Waals surface area contributed by atoms with Crippen LogP contribution in [0.3, 0.4) is 0 Å². The van der Waals surface area contributed by atoms with E-state index in [9.17, 15) is 17.6 Å². The Bertz CT molecular complexity index is 665. The highest BCUT2D eigenvalue weighted by Crippen LogP contribution is 2.24. The summed E-state index contributed by atoms with van der Waals surface area (Å²) in [7, 11) is 0. The molecule has 0 aliphatic rings. The van der Waals surface area contributed by atoms with Gasteiger partial charge < -0.3 is 10.6 Å². The van der Waals surface area contributed by atoms with E-state index in [4.69, 9.17) is 12.2 Å². The van der Waals surface area contributed by atoms with Crippen molar-refractivity contribution in [3.8, 4) is 0 Å². The summed E-state index contributed by atoms with van der Waals surface area (Å²) >= 11 is 4.92. The summed E-state index contributed by atoms with van der Waals surface area (Å²) in [5.41, 5.74) is -0.0757. The van der Waals surface area contributed by atoms with Crippen molar-refractivity contribution in [2.75, 3.05) is 5.32 Å². The SMILES string of the molecule is CC(NC(=S)Nc1c(F)c(F)cc(F)c1F)c1ccccc1. The Morgan fingerprint density at radius 3 is 2.09 bits per heavy atom. The predicted molar refractivity (Wildman–Crippen MR) is 80.5 cm³/mol. The van der Waals surface area contributed by atoms with Gasteiger partial charge >= 0.3 is 0 Å². The average Bonchev–Trinajstić information content (AvgIpc) is 2.50. The van der Waals surface area contributed by atoms with E-state index in [1.807, 2.05) is 30.3 Å². The maximum atomic E-state index is 13.5. The molecule has 0 spiro atoms. The first-order chi connectivity index (χ1) is 10.4. The third-order valence-electron chi connectivity index (χ3n) is 3.00. The molecule has 0 fully saturated rings. The van der Waals surface area contributed by atoms with Gasteiger partial charge in [0.1, 0.15) is 5.69 Å². The molecule has 2 aromatic rings. The molecule has 0 aliphatic carbocycles. The zero-order valence-electron chi connectivity index (χ0n) is 11.5. The molecule has 0 amide bonds. The van der Waals surface area contributed by atoms with Gasteiger partial charge in [-0.15, -0.1) is 0 Å². The second-order valence-electron chi connectivity index (χ2n) is 4.57. The van der Waals surface area contributed by atoms with Crippen LogP contribution in [0.4, 0.5) is 23.2 Å². The van der Waals surface area contributed by atoms with Crippen LogP contribution in [-0.4, -0.2) is 5.11 Å². The molecule has 22 heavy (non-hydrogen) atoms. The van der Waals surface area contributed by atoms with Crippen molar-refractivity contribution in [3.63, 3.8) is 0 Å². The van der Waals surface area contributed by atoms with E-state index < -0.39 is 29.0 Å². The van der Waals surface area contributed by atoms with E-state index in [1.54, 1.807) is 6.92 Å². The molecule has 0 saturated heterocycles. The van der Waals surface area contributed by atoms with Crippen LogP contribution in [0.5, 0.6) is 0 Å². The summed E-state index contributed by atoms with van der Waals surface area (Å²) in [4.78, 5) is 0. The van der Waals surface area contributed by atoms with Crippen LogP contribution < -0.4 is 10.6 Å². The van der Waals surface area contributed by atoms with Crippen LogP contribution in [0.15, 0.2) is 36.4 Å². The van der Waals surface area contributed by atoms with Crippen LogP contribution in [0.25, 0.3) is 0 Å². The maximum absolute atomic E-state index is 13.5. The van der Waals surface area contributed by atoms with Gasteiger partial charge in [-0.3, -0.25) is 0 Å². The number of rotatable bonds is 3. The molecule has 7 heteroatoms. The summed E-state index contributed by atoms with van der Waals surface area (Å²) in [5, 5.41) is 4.78. The summed E-state index contributed by atoms with van der Waals surface area (Å²) in [6.07, 6.45) is 0. The van der Waals surface area contributed by atoms with Crippen molar-refractivity contribution in [1.29, 1.82) is 0 Å². The lowest BCUT2D eigenvalue weighted by atomic mass is 10.1. The van der Waals surface area contributed by atoms with Crippen molar-refractivity contribution in [2.45, 2.75) is 13.0 Å². The van der Waals surface area contributed by atoms with Crippen molar-refractivity contribution < 1.29 is 17.6 Å². The van der Waals surface area contributed by atoms with Gasteiger partial charge in [0, 0.05) is 6.07 Å². The van der Waals surface area contributed by atoms with E-state index in [1.165, 1.54) is 0 Å². The Morgan fingerprint density at radius 1 is 1.00 bits per heavy atom. The van der Waals surface area contributed by atoms with Gasteiger partial charge in [0.25, 0.3) is 0 Å². The number of hydrogen-bond acceptors (Lipinski definition) is 1. The number of anilines is 1. The van der Waals surface area contributed by atoms with E-state index in [-0.39, 0.29) is 17.2 Å². The topological polar surface area (TPSA) is 24.1 Å². The minimum atomic E-state index is -1.53. The minimum absolute atomic E-state index is 0.138. The first kappa shape index (κ1) is 16.2. The zero-order chi connectivity index (χ0) is 16.3. The molecule has 0 aliphatic heterocycles. The fraction of sp³-hybridized carbons (Fsp3) is 0.133. The summed E-state index contributed by atoms with van der Waals surface area (Å²) in [6, 6.07) is 9.04. The molecule has 1 unspecified atom stereocenters. The molecular weight excluding hydrogens is 316 g/mol. The van der Waals surface area contributed by atoms with Gasteiger partial charge in [-0.1, -0.05) is 30.3 Å². The zero-order valence-corrected chi connectivity index (χ0v) is 12.3. The number of benzene rings is 2. The van der Waals surface area contributed by atoms with E-state index in [0.717, 1.165) is 5.56 Å². The lowest BCUT2D eigenvalue weighted by Gasteiger charge is -2.18. The largest absolute Gasteiger partial charge is 0.356 e.